The van der Waals surface area contributed by atoms with Gasteiger partial charge in [0, 0.05) is 72.6 Å². The molecule has 476 valence electrons. The van der Waals surface area contributed by atoms with E-state index in [9.17, 15) is 14.4 Å². The summed E-state index contributed by atoms with van der Waals surface area (Å²) in [6.45, 7) is 15.3. The first-order valence-corrected chi connectivity index (χ1v) is 32.9. The van der Waals surface area contributed by atoms with Crippen molar-refractivity contribution in [3.05, 3.63) is 191 Å². The van der Waals surface area contributed by atoms with Crippen molar-refractivity contribution in [1.82, 2.24) is 40.0 Å². The second-order valence-electron chi connectivity index (χ2n) is 21.4. The van der Waals surface area contributed by atoms with E-state index in [4.69, 9.17) is 23.5 Å². The van der Waals surface area contributed by atoms with Crippen molar-refractivity contribution in [1.29, 1.82) is 0 Å². The number of nitrogens with zero attached hydrogens (tertiary/aromatic N) is 7. The molecule has 0 radical (unpaired) electrons. The van der Waals surface area contributed by atoms with Crippen molar-refractivity contribution in [2.24, 2.45) is 0 Å². The monoisotopic (exact) mass is 1400 g/mol. The molecule has 7 aromatic rings. The second-order valence-corrected chi connectivity index (χ2v) is 25.1. The smallest absolute Gasteiger partial charge is 0.445 e. The van der Waals surface area contributed by atoms with Crippen LogP contribution in [-0.4, -0.2) is 124 Å². The van der Waals surface area contributed by atoms with Crippen molar-refractivity contribution in [3.63, 3.8) is 0 Å². The van der Waals surface area contributed by atoms with Gasteiger partial charge in [0.25, 0.3) is 0 Å². The Kier molecular flexibility index (Phi) is 33.0. The largest absolute Gasteiger partial charge is 0.490 e. The van der Waals surface area contributed by atoms with Gasteiger partial charge in [-0.15, -0.1) is 62.3 Å². The Morgan fingerprint density at radius 2 is 0.977 bits per heavy atom. The lowest BCUT2D eigenvalue weighted by Crippen LogP contribution is -2.41. The minimum absolute atomic E-state index is 0. The van der Waals surface area contributed by atoms with Crippen LogP contribution >= 0.6 is 78.3 Å². The number of rotatable bonds is 10. The zero-order valence-electron chi connectivity index (χ0n) is 48.5. The number of hydrogen-bond donors (Lipinski definition) is 1. The van der Waals surface area contributed by atoms with Gasteiger partial charge in [-0.05, 0) is 123 Å². The topological polar surface area (TPSA) is 171 Å². The lowest BCUT2D eigenvalue weighted by atomic mass is 9.75. The zero-order valence-corrected chi connectivity index (χ0v) is 55.1. The normalized spacial score (nSPS) is 16.6. The highest BCUT2D eigenvalue weighted by Crippen LogP contribution is 2.39. The van der Waals surface area contributed by atoms with Crippen molar-refractivity contribution >= 4 is 109 Å². The molecule has 3 amide bonds. The van der Waals surface area contributed by atoms with Gasteiger partial charge >= 0.3 is 25.4 Å². The van der Waals surface area contributed by atoms with Gasteiger partial charge in [0.15, 0.2) is 0 Å². The third kappa shape index (κ3) is 23.6. The molecular weight excluding hydrogens is 1320 g/mol. The van der Waals surface area contributed by atoms with E-state index in [0.29, 0.717) is 51.9 Å². The standard InChI is InChI=1S/C19H26BNO4.C16H18N2O2S.C16H16N2O2S.C8H12N2S.C3H2BrNS.3CH4.BrH/c1-18(2)19(3,4)25-20(24-18)16-10-12-21(13-11-16)17(22)23-14-15-8-6-5-7-9-15;2*19-16(20-10-13-4-2-1-3-5-13)18-8-6-14(7-9-18)15-11-21-12-17-15;1-3-9-4-2-7(1)8-5-11-6-10-8;4-3-1-6-2-5-3;;;;/h5-10H,11-14H2,1-4H3;1-5,11-12,14H,6-10H2;1-6,11-12H,7-10H2;5-7,9H,1-4H2;1-2H;3*1H4;1H. The molecule has 3 fully saturated rings. The highest BCUT2D eigenvalue weighted by Gasteiger charge is 2.52. The van der Waals surface area contributed by atoms with Gasteiger partial charge in [0.2, 0.25) is 0 Å². The number of carbonyl (C=O) groups is 3. The van der Waals surface area contributed by atoms with Gasteiger partial charge < -0.3 is 43.5 Å². The fourth-order valence-corrected chi connectivity index (χ4v) is 12.3. The molecule has 1 N–H and O–H groups in total. The summed E-state index contributed by atoms with van der Waals surface area (Å²) in [5, 5.41) is 11.6. The van der Waals surface area contributed by atoms with Crippen molar-refractivity contribution < 1.29 is 37.9 Å². The molecule has 4 aromatic heterocycles. The van der Waals surface area contributed by atoms with Crippen LogP contribution in [-0.2, 0) is 43.3 Å². The van der Waals surface area contributed by atoms with Crippen LogP contribution in [0.2, 0.25) is 0 Å². The first kappa shape index (κ1) is 74.8. The summed E-state index contributed by atoms with van der Waals surface area (Å²) in [6, 6.07) is 29.2. The fourth-order valence-electron chi connectivity index (χ4n) is 9.45. The zero-order chi connectivity index (χ0) is 59.0. The first-order valence-electron chi connectivity index (χ1n) is 28.3. The highest BCUT2D eigenvalue weighted by atomic mass is 79.9. The average molecular weight is 1410 g/mol. The van der Waals surface area contributed by atoms with E-state index in [1.54, 1.807) is 65.6 Å². The van der Waals surface area contributed by atoms with Crippen LogP contribution in [0.25, 0.3) is 5.57 Å². The van der Waals surface area contributed by atoms with E-state index in [2.05, 4.69) is 58.0 Å². The lowest BCUT2D eigenvalue weighted by molar-refractivity contribution is 0.00578. The SMILES string of the molecule is Br.Brc1cscn1.C.C.C.CC1(C)OB(C2=CCN(C(=O)OCc3ccccc3)CC2)OC1(C)C.O=C(OCc1ccccc1)N1CC=C(c2cscn2)CC1.O=C(OCc1ccccc1)N1CCC(c2cscn2)CC1.c1nc(C2CCNCC2)cs1. The Hall–Kier alpha value is -5.63. The molecule has 0 unspecified atom stereocenters. The molecular formula is C65H87BBr2N8O8S4. The molecule has 12 rings (SSSR count). The van der Waals surface area contributed by atoms with Crippen LogP contribution in [0.4, 0.5) is 14.4 Å². The fraction of sp³-hybridized carbons (Fsp3) is 0.431. The highest BCUT2D eigenvalue weighted by molar-refractivity contribution is 9.10. The molecule has 0 atom stereocenters. The van der Waals surface area contributed by atoms with Crippen LogP contribution < -0.4 is 5.32 Å². The summed E-state index contributed by atoms with van der Waals surface area (Å²) in [7, 11) is -0.326. The van der Waals surface area contributed by atoms with E-state index in [1.165, 1.54) is 24.1 Å². The summed E-state index contributed by atoms with van der Waals surface area (Å²) in [5.41, 5.74) is 15.5. The molecule has 88 heavy (non-hydrogen) atoms. The molecule has 0 spiro atoms. The molecule has 16 nitrogen and oxygen atoms in total. The van der Waals surface area contributed by atoms with Gasteiger partial charge in [-0.2, -0.15) is 0 Å². The quantitative estimate of drug-likeness (QED) is 0.101. The number of carbonyl (C=O) groups excluding carboxylic acids is 3. The van der Waals surface area contributed by atoms with Crippen LogP contribution in [0, 0.1) is 0 Å². The van der Waals surface area contributed by atoms with Gasteiger partial charge in [0.1, 0.15) is 24.4 Å². The summed E-state index contributed by atoms with van der Waals surface area (Å²) in [5.74, 6) is 1.21. The maximum atomic E-state index is 12.2. The number of aromatic nitrogens is 4. The van der Waals surface area contributed by atoms with Gasteiger partial charge in [-0.3, -0.25) is 0 Å². The lowest BCUT2D eigenvalue weighted by Gasteiger charge is -2.32. The van der Waals surface area contributed by atoms with Crippen LogP contribution in [0.3, 0.4) is 0 Å². The second kappa shape index (κ2) is 38.8. The number of piperidine rings is 2. The number of halogens is 2. The molecule has 5 aliphatic rings. The number of benzene rings is 3. The van der Waals surface area contributed by atoms with Crippen LogP contribution in [0.5, 0.6) is 0 Å². The Bertz CT molecular complexity index is 3070. The Morgan fingerprint density at radius 3 is 1.35 bits per heavy atom. The van der Waals surface area contributed by atoms with E-state index in [-0.39, 0.29) is 75.9 Å². The minimum atomic E-state index is -0.343. The third-order valence-electron chi connectivity index (χ3n) is 15.1. The van der Waals surface area contributed by atoms with Gasteiger partial charge in [-0.25, -0.2) is 34.3 Å². The minimum Gasteiger partial charge on any atom is -0.445 e. The summed E-state index contributed by atoms with van der Waals surface area (Å²) in [6.07, 6.45) is 9.32. The predicted molar refractivity (Wildman–Crippen MR) is 369 cm³/mol. The summed E-state index contributed by atoms with van der Waals surface area (Å²) in [4.78, 5) is 58.4. The Labute approximate surface area is 557 Å². The molecule has 0 bridgehead atoms. The molecule has 3 aromatic carbocycles. The van der Waals surface area contributed by atoms with E-state index in [0.717, 1.165) is 95.9 Å². The maximum Gasteiger partial charge on any atom is 0.490 e. The van der Waals surface area contributed by atoms with Crippen molar-refractivity contribution in [3.8, 4) is 0 Å². The number of likely N-dealkylation sites (tertiary alicyclic amines) is 1. The molecule has 23 heteroatoms. The first-order chi connectivity index (χ1) is 40.8. The van der Waals surface area contributed by atoms with Gasteiger partial charge in [0.05, 0.1) is 50.3 Å². The number of ether oxygens (including phenoxy) is 3. The van der Waals surface area contributed by atoms with E-state index >= 15 is 0 Å². The van der Waals surface area contributed by atoms with Crippen molar-refractivity contribution in [2.45, 2.75) is 131 Å². The van der Waals surface area contributed by atoms with E-state index in [1.807, 2.05) is 152 Å². The maximum absolute atomic E-state index is 12.2. The Morgan fingerprint density at radius 1 is 0.557 bits per heavy atom. The number of amides is 3. The molecule has 0 saturated carbocycles. The summed E-state index contributed by atoms with van der Waals surface area (Å²) >= 11 is 9.68. The summed E-state index contributed by atoms with van der Waals surface area (Å²) < 4.78 is 29.2. The van der Waals surface area contributed by atoms with Crippen molar-refractivity contribution in [2.75, 3.05) is 52.4 Å². The molecule has 9 heterocycles. The van der Waals surface area contributed by atoms with Gasteiger partial charge in [-0.1, -0.05) is 125 Å². The number of thiazole rings is 4. The third-order valence-corrected chi connectivity index (χ3v) is 18.3. The molecule has 3 saturated heterocycles. The predicted octanol–water partition coefficient (Wildman–Crippen LogP) is 16.8. The van der Waals surface area contributed by atoms with Crippen LogP contribution in [0.15, 0.2) is 157 Å². The average Bonchev–Trinajstić information content (AvgIpc) is 2.34. The molecule has 0 aliphatic carbocycles. The van der Waals surface area contributed by atoms with E-state index < -0.39 is 0 Å². The molecule has 5 aliphatic heterocycles. The number of hydrogen-bond acceptors (Lipinski definition) is 17. The van der Waals surface area contributed by atoms with Crippen LogP contribution in [0.1, 0.15) is 134 Å². The number of nitrogens with one attached hydrogen (secondary N) is 1. The Balaban J connectivity index is 0.000000245.